The maximum absolute atomic E-state index is 11.9. The highest BCUT2D eigenvalue weighted by Crippen LogP contribution is 2.26. The number of nitriles is 1. The van der Waals surface area contributed by atoms with E-state index >= 15 is 0 Å². The minimum Gasteiger partial charge on any atom is -0.368 e. The van der Waals surface area contributed by atoms with Crippen LogP contribution in [0.15, 0.2) is 18.2 Å². The average Bonchev–Trinajstić information content (AvgIpc) is 2.45. The molecule has 1 aromatic rings. The summed E-state index contributed by atoms with van der Waals surface area (Å²) in [6.07, 6.45) is 0. The van der Waals surface area contributed by atoms with Gasteiger partial charge in [0.05, 0.1) is 16.6 Å². The monoisotopic (exact) mass is 276 g/mol. The first-order valence-corrected chi connectivity index (χ1v) is 6.10. The number of benzene rings is 1. The van der Waals surface area contributed by atoms with Crippen molar-refractivity contribution in [2.24, 2.45) is 0 Å². The Kier molecular flexibility index (Phi) is 5.03. The fourth-order valence-corrected chi connectivity index (χ4v) is 1.66. The normalized spacial score (nSPS) is 11.3. The van der Waals surface area contributed by atoms with Gasteiger partial charge in [-0.1, -0.05) is 0 Å². The smallest absolute Gasteiger partial charge is 0.293 e. The predicted octanol–water partition coefficient (Wildman–Crippen LogP) is 1.75. The van der Waals surface area contributed by atoms with Crippen LogP contribution in [0.25, 0.3) is 0 Å². The molecule has 106 valence electrons. The first kappa shape index (κ1) is 15.4. The Hall–Kier alpha value is -2.62. The molecule has 1 unspecified atom stereocenters. The molecule has 1 atom stereocenters. The highest BCUT2D eigenvalue weighted by Gasteiger charge is 2.21. The number of hydrogen-bond acceptors (Lipinski definition) is 5. The lowest BCUT2D eigenvalue weighted by molar-refractivity contribution is -0.384. The van der Waals surface area contributed by atoms with E-state index in [0.717, 1.165) is 0 Å². The van der Waals surface area contributed by atoms with E-state index in [1.54, 1.807) is 14.0 Å². The summed E-state index contributed by atoms with van der Waals surface area (Å²) in [5, 5.41) is 22.6. The Morgan fingerprint density at radius 1 is 1.60 bits per heavy atom. The van der Waals surface area contributed by atoms with E-state index in [-0.39, 0.29) is 22.8 Å². The standard InChI is InChI=1S/C13H16N4O3/c1-4-16(3)13(18)9(2)15-11-6-5-10(8-14)7-12(11)17(19)20/h5-7,9,15H,4H2,1-3H3. The third kappa shape index (κ3) is 3.45. The molecule has 0 spiro atoms. The van der Waals surface area contributed by atoms with Crippen molar-refractivity contribution in [3.8, 4) is 6.07 Å². The molecular formula is C13H16N4O3. The van der Waals surface area contributed by atoms with Crippen LogP contribution in [-0.2, 0) is 4.79 Å². The van der Waals surface area contributed by atoms with Gasteiger partial charge in [0.2, 0.25) is 5.91 Å². The highest BCUT2D eigenvalue weighted by molar-refractivity contribution is 5.85. The maximum Gasteiger partial charge on any atom is 0.293 e. The molecular weight excluding hydrogens is 260 g/mol. The lowest BCUT2D eigenvalue weighted by atomic mass is 10.1. The van der Waals surface area contributed by atoms with Crippen LogP contribution < -0.4 is 5.32 Å². The second-order valence-electron chi connectivity index (χ2n) is 4.32. The molecule has 0 radical (unpaired) electrons. The molecule has 0 bridgehead atoms. The quantitative estimate of drug-likeness (QED) is 0.652. The SMILES string of the molecule is CCN(C)C(=O)C(C)Nc1ccc(C#N)cc1[N+](=O)[O-]. The number of anilines is 1. The van der Waals surface area contributed by atoms with Gasteiger partial charge in [0.15, 0.2) is 0 Å². The molecule has 1 rings (SSSR count). The fourth-order valence-electron chi connectivity index (χ4n) is 1.66. The van der Waals surface area contributed by atoms with Crippen LogP contribution >= 0.6 is 0 Å². The van der Waals surface area contributed by atoms with E-state index in [1.807, 2.05) is 13.0 Å². The second kappa shape index (κ2) is 6.52. The summed E-state index contributed by atoms with van der Waals surface area (Å²) in [4.78, 5) is 23.9. The molecule has 0 saturated carbocycles. The van der Waals surface area contributed by atoms with E-state index < -0.39 is 11.0 Å². The number of rotatable bonds is 5. The Morgan fingerprint density at radius 3 is 2.75 bits per heavy atom. The van der Waals surface area contributed by atoms with E-state index in [4.69, 9.17) is 5.26 Å². The molecule has 0 aromatic heterocycles. The average molecular weight is 276 g/mol. The number of hydrogen-bond donors (Lipinski definition) is 1. The molecule has 0 aliphatic carbocycles. The minimum absolute atomic E-state index is 0.161. The van der Waals surface area contributed by atoms with Gasteiger partial charge in [-0.05, 0) is 26.0 Å². The molecule has 0 aliphatic rings. The van der Waals surface area contributed by atoms with Crippen LogP contribution in [0.2, 0.25) is 0 Å². The third-order valence-corrected chi connectivity index (χ3v) is 2.92. The molecule has 7 heteroatoms. The van der Waals surface area contributed by atoms with Crippen molar-refractivity contribution >= 4 is 17.3 Å². The van der Waals surface area contributed by atoms with Crippen LogP contribution in [0.4, 0.5) is 11.4 Å². The van der Waals surface area contributed by atoms with Crippen LogP contribution in [0, 0.1) is 21.4 Å². The van der Waals surface area contributed by atoms with Gasteiger partial charge in [0.25, 0.3) is 5.69 Å². The summed E-state index contributed by atoms with van der Waals surface area (Å²) in [6, 6.07) is 5.34. The number of carbonyl (C=O) groups excluding carboxylic acids is 1. The van der Waals surface area contributed by atoms with Gasteiger partial charge in [-0.25, -0.2) is 0 Å². The highest BCUT2D eigenvalue weighted by atomic mass is 16.6. The molecule has 1 aromatic carbocycles. The van der Waals surface area contributed by atoms with E-state index in [1.165, 1.54) is 23.1 Å². The van der Waals surface area contributed by atoms with Crippen molar-refractivity contribution in [1.29, 1.82) is 5.26 Å². The molecule has 0 fully saturated rings. The van der Waals surface area contributed by atoms with Crippen molar-refractivity contribution in [1.82, 2.24) is 4.90 Å². The molecule has 20 heavy (non-hydrogen) atoms. The van der Waals surface area contributed by atoms with E-state index in [9.17, 15) is 14.9 Å². The van der Waals surface area contributed by atoms with Crippen LogP contribution in [-0.4, -0.2) is 35.4 Å². The zero-order valence-electron chi connectivity index (χ0n) is 11.6. The number of nitrogens with zero attached hydrogens (tertiary/aromatic N) is 3. The largest absolute Gasteiger partial charge is 0.368 e. The van der Waals surface area contributed by atoms with Gasteiger partial charge in [-0.2, -0.15) is 5.26 Å². The zero-order valence-corrected chi connectivity index (χ0v) is 11.6. The first-order valence-electron chi connectivity index (χ1n) is 6.10. The summed E-state index contributed by atoms with van der Waals surface area (Å²) in [7, 11) is 1.66. The van der Waals surface area contributed by atoms with Crippen LogP contribution in [0.3, 0.4) is 0 Å². The Morgan fingerprint density at radius 2 is 2.25 bits per heavy atom. The minimum atomic E-state index is -0.591. The van der Waals surface area contributed by atoms with Crippen molar-refractivity contribution < 1.29 is 9.72 Å². The van der Waals surface area contributed by atoms with Gasteiger partial charge < -0.3 is 10.2 Å². The predicted molar refractivity (Wildman–Crippen MR) is 74.2 cm³/mol. The first-order chi connectivity index (χ1) is 9.40. The Bertz CT molecular complexity index is 565. The van der Waals surface area contributed by atoms with Crippen molar-refractivity contribution in [2.75, 3.05) is 18.9 Å². The summed E-state index contributed by atoms with van der Waals surface area (Å²) in [5.41, 5.74) is 0.203. The number of nitro groups is 1. The number of carbonyl (C=O) groups is 1. The maximum atomic E-state index is 11.9. The van der Waals surface area contributed by atoms with Crippen molar-refractivity contribution in [2.45, 2.75) is 19.9 Å². The number of amides is 1. The van der Waals surface area contributed by atoms with Crippen molar-refractivity contribution in [3.63, 3.8) is 0 Å². The van der Waals surface area contributed by atoms with Gasteiger partial charge in [0.1, 0.15) is 11.7 Å². The Balaban J connectivity index is 3.01. The third-order valence-electron chi connectivity index (χ3n) is 2.92. The summed E-state index contributed by atoms with van der Waals surface area (Å²) in [5.74, 6) is -0.161. The molecule has 0 saturated heterocycles. The number of nitro benzene ring substituents is 1. The van der Waals surface area contributed by atoms with Crippen molar-refractivity contribution in [3.05, 3.63) is 33.9 Å². The van der Waals surface area contributed by atoms with Crippen LogP contribution in [0.5, 0.6) is 0 Å². The molecule has 1 N–H and O–H groups in total. The summed E-state index contributed by atoms with van der Waals surface area (Å²) in [6.45, 7) is 4.03. The lowest BCUT2D eigenvalue weighted by Gasteiger charge is -2.21. The van der Waals surface area contributed by atoms with Gasteiger partial charge in [0, 0.05) is 19.7 Å². The van der Waals surface area contributed by atoms with Gasteiger partial charge >= 0.3 is 0 Å². The lowest BCUT2D eigenvalue weighted by Crippen LogP contribution is -2.38. The zero-order chi connectivity index (χ0) is 15.3. The summed E-state index contributed by atoms with van der Waals surface area (Å²) < 4.78 is 0. The topological polar surface area (TPSA) is 99.3 Å². The fraction of sp³-hybridized carbons (Fsp3) is 0.385. The number of likely N-dealkylation sites (N-methyl/N-ethyl adjacent to an activating group) is 1. The Labute approximate surface area is 117 Å². The van der Waals surface area contributed by atoms with Gasteiger partial charge in [-0.15, -0.1) is 0 Å². The molecule has 0 heterocycles. The van der Waals surface area contributed by atoms with E-state index in [0.29, 0.717) is 6.54 Å². The summed E-state index contributed by atoms with van der Waals surface area (Å²) >= 11 is 0. The van der Waals surface area contributed by atoms with Crippen LogP contribution in [0.1, 0.15) is 19.4 Å². The van der Waals surface area contributed by atoms with Gasteiger partial charge in [-0.3, -0.25) is 14.9 Å². The van der Waals surface area contributed by atoms with E-state index in [2.05, 4.69) is 5.32 Å². The molecule has 0 aliphatic heterocycles. The second-order valence-corrected chi connectivity index (χ2v) is 4.32. The number of nitrogens with one attached hydrogen (secondary N) is 1. The molecule has 1 amide bonds. The molecule has 7 nitrogen and oxygen atoms in total.